The van der Waals surface area contributed by atoms with Crippen molar-refractivity contribution in [3.63, 3.8) is 0 Å². The van der Waals surface area contributed by atoms with Gasteiger partial charge in [0.15, 0.2) is 0 Å². The van der Waals surface area contributed by atoms with Gasteiger partial charge in [-0.15, -0.1) is 0 Å². The minimum absolute atomic E-state index is 0.0578. The number of rotatable bonds is 4. The number of carbonyl (C=O) groups is 3. The Labute approximate surface area is 137 Å². The molecule has 1 aliphatic heterocycles. The normalized spacial score (nSPS) is 17.2. The fraction of sp³-hybridized carbons (Fsp3) is 0.118. The van der Waals surface area contributed by atoms with Crippen LogP contribution in [-0.4, -0.2) is 34.1 Å². The summed E-state index contributed by atoms with van der Waals surface area (Å²) in [6, 6.07) is 12.9. The van der Waals surface area contributed by atoms with Crippen LogP contribution in [0.15, 0.2) is 54.6 Å². The summed E-state index contributed by atoms with van der Waals surface area (Å²) < 4.78 is 0. The van der Waals surface area contributed by atoms with Gasteiger partial charge < -0.3 is 5.11 Å². The number of hydrogen-bond acceptors (Lipinski definition) is 5. The van der Waals surface area contributed by atoms with Crippen LogP contribution in [0.2, 0.25) is 0 Å². The molecule has 2 aromatic rings. The Kier molecular flexibility index (Phi) is 4.01. The Morgan fingerprint density at radius 3 is 2.25 bits per heavy atom. The Hall–Kier alpha value is -3.19. The second-order valence-electron chi connectivity index (χ2n) is 5.32. The van der Waals surface area contributed by atoms with E-state index in [1.807, 2.05) is 0 Å². The molecule has 1 heterocycles. The van der Waals surface area contributed by atoms with Gasteiger partial charge in [0, 0.05) is 0 Å². The Bertz CT molecular complexity index is 788. The van der Waals surface area contributed by atoms with Gasteiger partial charge in [-0.05, 0) is 36.4 Å². The van der Waals surface area contributed by atoms with Crippen molar-refractivity contribution in [1.82, 2.24) is 0 Å². The lowest BCUT2D eigenvalue weighted by molar-refractivity contribution is -0.121. The third kappa shape index (κ3) is 2.72. The third-order valence-electron chi connectivity index (χ3n) is 3.81. The molecule has 2 amide bonds. The predicted octanol–water partition coefficient (Wildman–Crippen LogP) is 1.91. The molecular formula is C17H14N2O5. The average molecular weight is 326 g/mol. The predicted molar refractivity (Wildman–Crippen MR) is 85.0 cm³/mol. The van der Waals surface area contributed by atoms with Crippen LogP contribution in [0, 0.1) is 0 Å². The molecule has 0 unspecified atom stereocenters. The lowest BCUT2D eigenvalue weighted by Gasteiger charge is -2.22. The molecule has 3 rings (SSSR count). The first-order valence-corrected chi connectivity index (χ1v) is 7.22. The lowest BCUT2D eigenvalue weighted by Crippen LogP contribution is -2.40. The van der Waals surface area contributed by atoms with Gasteiger partial charge in [-0.2, -0.15) is 0 Å². The van der Waals surface area contributed by atoms with Gasteiger partial charge in [-0.25, -0.2) is 14.8 Å². The maximum atomic E-state index is 12.5. The summed E-state index contributed by atoms with van der Waals surface area (Å²) in [4.78, 5) is 36.6. The molecule has 2 aromatic carbocycles. The van der Waals surface area contributed by atoms with E-state index in [-0.39, 0.29) is 17.7 Å². The zero-order chi connectivity index (χ0) is 17.3. The number of hydroxylamine groups is 1. The van der Waals surface area contributed by atoms with Crippen LogP contribution in [0.1, 0.15) is 16.8 Å². The van der Waals surface area contributed by atoms with Crippen molar-refractivity contribution in [3.05, 3.63) is 60.2 Å². The van der Waals surface area contributed by atoms with Crippen molar-refractivity contribution in [2.75, 3.05) is 9.96 Å². The van der Waals surface area contributed by atoms with Crippen LogP contribution in [0.4, 0.5) is 11.4 Å². The molecule has 1 atom stereocenters. The Morgan fingerprint density at radius 1 is 1.04 bits per heavy atom. The molecular weight excluding hydrogens is 312 g/mol. The van der Waals surface area contributed by atoms with Gasteiger partial charge in [0.2, 0.25) is 5.91 Å². The number of carbonyl (C=O) groups excluding carboxylic acids is 2. The van der Waals surface area contributed by atoms with Crippen LogP contribution in [0.5, 0.6) is 0 Å². The summed E-state index contributed by atoms with van der Waals surface area (Å²) in [7, 11) is 0. The SMILES string of the molecule is O=C(O)c1ccc(N2C(=O)C[C@H](N(O)c3ccccc3)C2=O)cc1. The molecule has 7 nitrogen and oxygen atoms in total. The first-order valence-electron chi connectivity index (χ1n) is 7.22. The number of benzene rings is 2. The van der Waals surface area contributed by atoms with Crippen LogP contribution < -0.4 is 9.96 Å². The topological polar surface area (TPSA) is 98.2 Å². The van der Waals surface area contributed by atoms with E-state index in [1.165, 1.54) is 24.3 Å². The molecule has 0 spiro atoms. The van der Waals surface area contributed by atoms with Crippen LogP contribution in [0.25, 0.3) is 0 Å². The van der Waals surface area contributed by atoms with E-state index in [0.29, 0.717) is 5.69 Å². The van der Waals surface area contributed by atoms with Crippen LogP contribution in [0.3, 0.4) is 0 Å². The molecule has 2 N–H and O–H groups in total. The van der Waals surface area contributed by atoms with Crippen molar-refractivity contribution in [2.45, 2.75) is 12.5 Å². The van der Waals surface area contributed by atoms with E-state index in [1.54, 1.807) is 30.3 Å². The Morgan fingerprint density at radius 2 is 1.67 bits per heavy atom. The first kappa shape index (κ1) is 15.7. The van der Waals surface area contributed by atoms with E-state index < -0.39 is 23.8 Å². The molecule has 24 heavy (non-hydrogen) atoms. The molecule has 0 aliphatic carbocycles. The molecule has 122 valence electrons. The second-order valence-corrected chi connectivity index (χ2v) is 5.32. The molecule has 1 fully saturated rings. The molecule has 0 radical (unpaired) electrons. The second kappa shape index (κ2) is 6.13. The van der Waals surface area contributed by atoms with Gasteiger partial charge in [0.05, 0.1) is 23.4 Å². The summed E-state index contributed by atoms with van der Waals surface area (Å²) in [6.07, 6.45) is -0.162. The molecule has 1 saturated heterocycles. The molecule has 1 aliphatic rings. The smallest absolute Gasteiger partial charge is 0.335 e. The summed E-state index contributed by atoms with van der Waals surface area (Å²) in [5.74, 6) is -2.11. The first-order chi connectivity index (χ1) is 11.5. The van der Waals surface area contributed by atoms with Gasteiger partial charge in [0.1, 0.15) is 6.04 Å². The van der Waals surface area contributed by atoms with Crippen LogP contribution in [-0.2, 0) is 9.59 Å². The molecule has 0 bridgehead atoms. The molecule has 0 saturated carbocycles. The number of para-hydroxylation sites is 1. The molecule has 0 aromatic heterocycles. The van der Waals surface area contributed by atoms with Crippen molar-refractivity contribution in [2.24, 2.45) is 0 Å². The highest BCUT2D eigenvalue weighted by Crippen LogP contribution is 2.27. The van der Waals surface area contributed by atoms with Crippen molar-refractivity contribution in [1.29, 1.82) is 0 Å². The number of carboxylic acids is 1. The lowest BCUT2D eigenvalue weighted by atomic mass is 10.2. The number of amides is 2. The van der Waals surface area contributed by atoms with Crippen molar-refractivity contribution < 1.29 is 24.7 Å². The highest BCUT2D eigenvalue weighted by molar-refractivity contribution is 6.23. The quantitative estimate of drug-likeness (QED) is 0.658. The number of hydrogen-bond donors (Lipinski definition) is 2. The van der Waals surface area contributed by atoms with Crippen molar-refractivity contribution >= 4 is 29.2 Å². The maximum Gasteiger partial charge on any atom is 0.335 e. The highest BCUT2D eigenvalue weighted by Gasteiger charge is 2.43. The number of carboxylic acid groups (broad SMARTS) is 1. The average Bonchev–Trinajstić information content (AvgIpc) is 2.89. The van der Waals surface area contributed by atoms with E-state index >= 15 is 0 Å². The van der Waals surface area contributed by atoms with E-state index in [2.05, 4.69) is 0 Å². The summed E-state index contributed by atoms with van der Waals surface area (Å²) >= 11 is 0. The number of aromatic carboxylic acids is 1. The van der Waals surface area contributed by atoms with Gasteiger partial charge in [0.25, 0.3) is 5.91 Å². The van der Waals surface area contributed by atoms with Gasteiger partial charge in [-0.1, -0.05) is 18.2 Å². The molecule has 7 heteroatoms. The summed E-state index contributed by atoms with van der Waals surface area (Å²) in [5.41, 5.74) is 0.744. The van der Waals surface area contributed by atoms with E-state index in [4.69, 9.17) is 5.11 Å². The minimum Gasteiger partial charge on any atom is -0.478 e. The van der Waals surface area contributed by atoms with Crippen LogP contribution >= 0.6 is 0 Å². The van der Waals surface area contributed by atoms with Gasteiger partial charge in [-0.3, -0.25) is 14.8 Å². The van der Waals surface area contributed by atoms with E-state index in [9.17, 15) is 19.6 Å². The Balaban J connectivity index is 1.85. The summed E-state index contributed by atoms with van der Waals surface area (Å²) in [6.45, 7) is 0. The minimum atomic E-state index is -1.09. The zero-order valence-electron chi connectivity index (χ0n) is 12.5. The van der Waals surface area contributed by atoms with Crippen molar-refractivity contribution in [3.8, 4) is 0 Å². The maximum absolute atomic E-state index is 12.5. The summed E-state index contributed by atoms with van der Waals surface area (Å²) in [5, 5.41) is 19.9. The van der Waals surface area contributed by atoms with Gasteiger partial charge >= 0.3 is 5.97 Å². The fourth-order valence-electron chi connectivity index (χ4n) is 2.59. The fourth-order valence-corrected chi connectivity index (χ4v) is 2.59. The number of imide groups is 1. The standard InChI is InChI=1S/C17H14N2O5/c20-15-10-14(19(24)13-4-2-1-3-5-13)16(21)18(15)12-8-6-11(7-9-12)17(22)23/h1-9,14,24H,10H2,(H,22,23)/t14-/m0/s1. The van der Waals surface area contributed by atoms with E-state index in [0.717, 1.165) is 9.96 Å². The monoisotopic (exact) mass is 326 g/mol. The third-order valence-corrected chi connectivity index (χ3v) is 3.81. The highest BCUT2D eigenvalue weighted by atomic mass is 16.5. The zero-order valence-corrected chi connectivity index (χ0v) is 12.5. The number of anilines is 2. The largest absolute Gasteiger partial charge is 0.478 e. The number of nitrogens with zero attached hydrogens (tertiary/aromatic N) is 2.